The van der Waals surface area contributed by atoms with Gasteiger partial charge < -0.3 is 4.57 Å². The number of Topliss-reactive ketones (excluding diaryl/α,β-unsaturated/α-hetero) is 1. The van der Waals surface area contributed by atoms with Crippen molar-refractivity contribution in [2.45, 2.75) is 25.1 Å². The van der Waals surface area contributed by atoms with Gasteiger partial charge in [0.1, 0.15) is 10.8 Å². The predicted octanol–water partition coefficient (Wildman–Crippen LogP) is 4.37. The monoisotopic (exact) mass is 361 g/mol. The molecule has 0 amide bonds. The third kappa shape index (κ3) is 3.42. The Morgan fingerprint density at radius 1 is 1.21 bits per heavy atom. The van der Waals surface area contributed by atoms with E-state index in [-0.39, 0.29) is 11.6 Å². The summed E-state index contributed by atoms with van der Waals surface area (Å²) in [6.45, 7) is 5.73. The molecule has 3 rings (SSSR count). The third-order valence-corrected chi connectivity index (χ3v) is 5.62. The summed E-state index contributed by atoms with van der Waals surface area (Å²) in [7, 11) is 0. The zero-order valence-electron chi connectivity index (χ0n) is 13.5. The molecule has 0 saturated heterocycles. The van der Waals surface area contributed by atoms with E-state index >= 15 is 0 Å². The van der Waals surface area contributed by atoms with Gasteiger partial charge in [-0.05, 0) is 51.1 Å². The molecule has 1 aromatic carbocycles. The second-order valence-electron chi connectivity index (χ2n) is 5.40. The molecular formula is C17H16FN3OS2. The summed E-state index contributed by atoms with van der Waals surface area (Å²) in [6.07, 6.45) is 0. The molecule has 0 bridgehead atoms. The quantitative estimate of drug-likeness (QED) is 0.500. The molecule has 0 fully saturated rings. The summed E-state index contributed by atoms with van der Waals surface area (Å²) in [5.41, 5.74) is 3.33. The SMILES string of the molecule is Cc1nnc(SCC(=O)c2cc(C)n(-c3ccc(F)cc3)c2C)s1. The van der Waals surface area contributed by atoms with Crippen molar-refractivity contribution in [1.82, 2.24) is 14.8 Å². The van der Waals surface area contributed by atoms with E-state index in [4.69, 9.17) is 0 Å². The molecule has 124 valence electrons. The summed E-state index contributed by atoms with van der Waals surface area (Å²) >= 11 is 2.89. The molecule has 24 heavy (non-hydrogen) atoms. The molecule has 0 unspecified atom stereocenters. The van der Waals surface area contributed by atoms with Crippen LogP contribution in [-0.4, -0.2) is 26.3 Å². The van der Waals surface area contributed by atoms with E-state index in [0.717, 1.165) is 26.4 Å². The third-order valence-electron chi connectivity index (χ3n) is 3.65. The second-order valence-corrected chi connectivity index (χ2v) is 7.80. The molecule has 0 saturated carbocycles. The van der Waals surface area contributed by atoms with E-state index in [0.29, 0.717) is 11.3 Å². The Morgan fingerprint density at radius 2 is 1.92 bits per heavy atom. The maximum absolute atomic E-state index is 13.1. The highest BCUT2D eigenvalue weighted by molar-refractivity contribution is 8.01. The number of rotatable bonds is 5. The number of halogens is 1. The van der Waals surface area contributed by atoms with Crippen LogP contribution in [0.1, 0.15) is 26.8 Å². The predicted molar refractivity (Wildman–Crippen MR) is 94.9 cm³/mol. The van der Waals surface area contributed by atoms with E-state index in [2.05, 4.69) is 10.2 Å². The highest BCUT2D eigenvalue weighted by atomic mass is 32.2. The summed E-state index contributed by atoms with van der Waals surface area (Å²) in [5, 5.41) is 8.86. The Morgan fingerprint density at radius 3 is 2.54 bits per heavy atom. The summed E-state index contributed by atoms with van der Waals surface area (Å²) in [5.74, 6) is 0.0955. The van der Waals surface area contributed by atoms with Gasteiger partial charge in [-0.25, -0.2) is 4.39 Å². The Hall–Kier alpha value is -1.99. The van der Waals surface area contributed by atoms with Crippen molar-refractivity contribution in [1.29, 1.82) is 0 Å². The zero-order chi connectivity index (χ0) is 17.3. The lowest BCUT2D eigenvalue weighted by Gasteiger charge is -2.09. The topological polar surface area (TPSA) is 47.8 Å². The molecule has 0 aliphatic rings. The summed E-state index contributed by atoms with van der Waals surface area (Å²) < 4.78 is 15.9. The first-order valence-corrected chi connectivity index (χ1v) is 9.17. The van der Waals surface area contributed by atoms with Gasteiger partial charge in [-0.15, -0.1) is 10.2 Å². The Bertz CT molecular complexity index is 884. The molecule has 0 spiro atoms. The highest BCUT2D eigenvalue weighted by Gasteiger charge is 2.17. The fraction of sp³-hybridized carbons (Fsp3) is 0.235. The number of benzene rings is 1. The normalized spacial score (nSPS) is 11.0. The molecule has 0 N–H and O–H groups in total. The summed E-state index contributed by atoms with van der Waals surface area (Å²) in [6, 6.07) is 8.14. The van der Waals surface area contributed by atoms with E-state index in [1.54, 1.807) is 12.1 Å². The Balaban J connectivity index is 1.82. The zero-order valence-corrected chi connectivity index (χ0v) is 15.2. The van der Waals surface area contributed by atoms with E-state index in [9.17, 15) is 9.18 Å². The van der Waals surface area contributed by atoms with Crippen LogP contribution in [0.3, 0.4) is 0 Å². The highest BCUT2D eigenvalue weighted by Crippen LogP contribution is 2.26. The smallest absolute Gasteiger partial charge is 0.174 e. The molecular weight excluding hydrogens is 345 g/mol. The van der Waals surface area contributed by atoms with Crippen LogP contribution in [0.15, 0.2) is 34.7 Å². The van der Waals surface area contributed by atoms with Crippen molar-refractivity contribution in [3.05, 3.63) is 58.1 Å². The van der Waals surface area contributed by atoms with Gasteiger partial charge in [-0.3, -0.25) is 4.79 Å². The number of nitrogens with zero attached hydrogens (tertiary/aromatic N) is 3. The molecule has 0 radical (unpaired) electrons. The van der Waals surface area contributed by atoms with Gasteiger partial charge >= 0.3 is 0 Å². The molecule has 0 aliphatic carbocycles. The van der Waals surface area contributed by atoms with Crippen molar-refractivity contribution >= 4 is 28.9 Å². The van der Waals surface area contributed by atoms with Crippen LogP contribution >= 0.6 is 23.1 Å². The second kappa shape index (κ2) is 6.86. The van der Waals surface area contributed by atoms with Gasteiger partial charge in [0.2, 0.25) is 0 Å². The number of carbonyl (C=O) groups excluding carboxylic acids is 1. The first-order valence-electron chi connectivity index (χ1n) is 7.36. The first-order chi connectivity index (χ1) is 11.5. The number of hydrogen-bond acceptors (Lipinski definition) is 5. The van der Waals surface area contributed by atoms with Crippen LogP contribution in [0.25, 0.3) is 5.69 Å². The van der Waals surface area contributed by atoms with E-state index < -0.39 is 0 Å². The van der Waals surface area contributed by atoms with Crippen molar-refractivity contribution in [2.24, 2.45) is 0 Å². The number of thioether (sulfide) groups is 1. The average Bonchev–Trinajstić information content (AvgIpc) is 3.09. The minimum Gasteiger partial charge on any atom is -0.318 e. The summed E-state index contributed by atoms with van der Waals surface area (Å²) in [4.78, 5) is 12.6. The lowest BCUT2D eigenvalue weighted by atomic mass is 10.2. The maximum Gasteiger partial charge on any atom is 0.174 e. The molecule has 2 aromatic heterocycles. The number of carbonyl (C=O) groups is 1. The van der Waals surface area contributed by atoms with Crippen LogP contribution in [0.2, 0.25) is 0 Å². The number of aromatic nitrogens is 3. The minimum absolute atomic E-state index is 0.0503. The van der Waals surface area contributed by atoms with Crippen molar-refractivity contribution in [3.63, 3.8) is 0 Å². The standard InChI is InChI=1S/C17H16FN3OS2/c1-10-8-15(16(22)9-23-17-20-19-12(3)24-17)11(2)21(10)14-6-4-13(18)5-7-14/h4-8H,9H2,1-3H3. The lowest BCUT2D eigenvalue weighted by Crippen LogP contribution is -2.05. The van der Waals surface area contributed by atoms with E-state index in [1.807, 2.05) is 31.4 Å². The maximum atomic E-state index is 13.1. The molecule has 3 aromatic rings. The molecule has 2 heterocycles. The van der Waals surface area contributed by atoms with Gasteiger partial charge in [0.15, 0.2) is 10.1 Å². The Labute approximate surface area is 147 Å². The minimum atomic E-state index is -0.277. The lowest BCUT2D eigenvalue weighted by molar-refractivity contribution is 0.102. The van der Waals surface area contributed by atoms with Crippen LogP contribution in [-0.2, 0) is 0 Å². The fourth-order valence-corrected chi connectivity index (χ4v) is 4.27. The van der Waals surface area contributed by atoms with Gasteiger partial charge in [0.25, 0.3) is 0 Å². The van der Waals surface area contributed by atoms with Crippen LogP contribution in [0.5, 0.6) is 0 Å². The molecule has 4 nitrogen and oxygen atoms in total. The van der Waals surface area contributed by atoms with Gasteiger partial charge in [0.05, 0.1) is 5.75 Å². The molecule has 0 atom stereocenters. The average molecular weight is 361 g/mol. The van der Waals surface area contributed by atoms with Crippen molar-refractivity contribution in [3.8, 4) is 5.69 Å². The van der Waals surface area contributed by atoms with Gasteiger partial charge in [0, 0.05) is 22.6 Å². The number of aryl methyl sites for hydroxylation is 2. The van der Waals surface area contributed by atoms with Crippen molar-refractivity contribution < 1.29 is 9.18 Å². The van der Waals surface area contributed by atoms with E-state index in [1.165, 1.54) is 35.2 Å². The van der Waals surface area contributed by atoms with Crippen LogP contribution in [0, 0.1) is 26.6 Å². The van der Waals surface area contributed by atoms with Gasteiger partial charge in [-0.1, -0.05) is 23.1 Å². The number of hydrogen-bond donors (Lipinski definition) is 0. The first kappa shape index (κ1) is 16.9. The number of ketones is 1. The Kier molecular flexibility index (Phi) is 4.82. The van der Waals surface area contributed by atoms with Gasteiger partial charge in [-0.2, -0.15) is 0 Å². The molecule has 0 aliphatic heterocycles. The van der Waals surface area contributed by atoms with Crippen LogP contribution in [0.4, 0.5) is 4.39 Å². The fourth-order valence-electron chi connectivity index (χ4n) is 2.57. The van der Waals surface area contributed by atoms with Crippen LogP contribution < -0.4 is 0 Å². The van der Waals surface area contributed by atoms with Crippen molar-refractivity contribution in [2.75, 3.05) is 5.75 Å². The molecule has 7 heteroatoms. The largest absolute Gasteiger partial charge is 0.318 e.